The minimum atomic E-state index is -0.729. The van der Waals surface area contributed by atoms with Gasteiger partial charge in [-0.1, -0.05) is 24.2 Å². The van der Waals surface area contributed by atoms with Crippen LogP contribution >= 0.6 is 0 Å². The first kappa shape index (κ1) is 16.3. The van der Waals surface area contributed by atoms with Gasteiger partial charge in [0.15, 0.2) is 0 Å². The van der Waals surface area contributed by atoms with E-state index in [1.807, 2.05) is 6.92 Å². The molecule has 7 heteroatoms. The molecule has 0 aliphatic heterocycles. The number of carbonyl (C=O) groups is 1. The second-order valence-corrected chi connectivity index (χ2v) is 4.58. The Labute approximate surface area is 131 Å². The van der Waals surface area contributed by atoms with Crippen LogP contribution in [0.5, 0.6) is 0 Å². The van der Waals surface area contributed by atoms with Gasteiger partial charge >= 0.3 is 5.97 Å². The highest BCUT2D eigenvalue weighted by molar-refractivity contribution is 6.00. The van der Waals surface area contributed by atoms with E-state index >= 15 is 0 Å². The molecule has 0 unspecified atom stereocenters. The molecule has 23 heavy (non-hydrogen) atoms. The van der Waals surface area contributed by atoms with E-state index in [-0.39, 0.29) is 17.1 Å². The van der Waals surface area contributed by atoms with Crippen molar-refractivity contribution in [3.63, 3.8) is 0 Å². The van der Waals surface area contributed by atoms with Crippen LogP contribution in [0, 0.1) is 15.9 Å². The lowest BCUT2D eigenvalue weighted by Crippen LogP contribution is -2.06. The number of oxime groups is 1. The number of nitro benzene ring substituents is 1. The molecule has 0 saturated heterocycles. The van der Waals surface area contributed by atoms with Gasteiger partial charge in [-0.3, -0.25) is 10.1 Å². The van der Waals surface area contributed by atoms with Gasteiger partial charge in [0.05, 0.1) is 16.2 Å². The number of nitro groups is 1. The van der Waals surface area contributed by atoms with Gasteiger partial charge in [-0.25, -0.2) is 9.18 Å². The van der Waals surface area contributed by atoms with Gasteiger partial charge in [0.25, 0.3) is 5.69 Å². The van der Waals surface area contributed by atoms with Crippen molar-refractivity contribution in [1.29, 1.82) is 0 Å². The lowest BCUT2D eigenvalue weighted by Gasteiger charge is -2.04. The van der Waals surface area contributed by atoms with Gasteiger partial charge in [-0.15, -0.1) is 0 Å². The molecule has 0 bridgehead atoms. The molecule has 2 aromatic carbocycles. The SMILES string of the molecule is CC/C(=N\OC(=O)c1ccc([N+](=O)[O-])cc1)c1ccc(F)cc1. The summed E-state index contributed by atoms with van der Waals surface area (Å²) in [6, 6.07) is 10.7. The molecule has 0 heterocycles. The highest BCUT2D eigenvalue weighted by atomic mass is 19.1. The van der Waals surface area contributed by atoms with Crippen molar-refractivity contribution < 1.29 is 18.9 Å². The molecule has 2 rings (SSSR count). The molecule has 0 radical (unpaired) electrons. The molecule has 2 aromatic rings. The first-order valence-corrected chi connectivity index (χ1v) is 6.80. The monoisotopic (exact) mass is 316 g/mol. The van der Waals surface area contributed by atoms with Crippen molar-refractivity contribution >= 4 is 17.4 Å². The number of benzene rings is 2. The zero-order chi connectivity index (χ0) is 16.8. The Balaban J connectivity index is 2.11. The molecule has 0 amide bonds. The summed E-state index contributed by atoms with van der Waals surface area (Å²) in [5.74, 6) is -1.10. The molecule has 6 nitrogen and oxygen atoms in total. The summed E-state index contributed by atoms with van der Waals surface area (Å²) in [5.41, 5.74) is 1.16. The van der Waals surface area contributed by atoms with E-state index in [0.717, 1.165) is 0 Å². The van der Waals surface area contributed by atoms with Gasteiger partial charge in [0.1, 0.15) is 5.82 Å². The molecule has 0 aliphatic rings. The van der Waals surface area contributed by atoms with Gasteiger partial charge in [-0.2, -0.15) is 0 Å². The van der Waals surface area contributed by atoms with Crippen LogP contribution in [-0.2, 0) is 4.84 Å². The predicted octanol–water partition coefficient (Wildman–Crippen LogP) is 3.71. The maximum Gasteiger partial charge on any atom is 0.365 e. The van der Waals surface area contributed by atoms with Crippen LogP contribution in [0.3, 0.4) is 0 Å². The maximum atomic E-state index is 12.9. The van der Waals surface area contributed by atoms with E-state index < -0.39 is 10.9 Å². The van der Waals surface area contributed by atoms with Crippen LogP contribution in [0.4, 0.5) is 10.1 Å². The Kier molecular flexibility index (Phi) is 5.14. The van der Waals surface area contributed by atoms with Crippen molar-refractivity contribution in [2.24, 2.45) is 5.16 Å². The smallest absolute Gasteiger partial charge is 0.313 e. The highest BCUT2D eigenvalue weighted by Gasteiger charge is 2.11. The minimum Gasteiger partial charge on any atom is -0.313 e. The number of nitrogens with zero attached hydrogens (tertiary/aromatic N) is 2. The summed E-state index contributed by atoms with van der Waals surface area (Å²) in [5, 5.41) is 14.3. The number of hydrogen-bond donors (Lipinski definition) is 0. The van der Waals surface area contributed by atoms with Crippen molar-refractivity contribution in [1.82, 2.24) is 0 Å². The molecular formula is C16H13FN2O4. The molecule has 0 saturated carbocycles. The number of halogens is 1. The zero-order valence-corrected chi connectivity index (χ0v) is 12.2. The van der Waals surface area contributed by atoms with Gasteiger partial charge in [0, 0.05) is 12.1 Å². The van der Waals surface area contributed by atoms with Gasteiger partial charge < -0.3 is 4.84 Å². The average Bonchev–Trinajstić information content (AvgIpc) is 2.56. The quantitative estimate of drug-likeness (QED) is 0.364. The van der Waals surface area contributed by atoms with E-state index in [0.29, 0.717) is 17.7 Å². The molecule has 118 valence electrons. The third-order valence-corrected chi connectivity index (χ3v) is 3.06. The van der Waals surface area contributed by atoms with Crippen LogP contribution in [0.15, 0.2) is 53.7 Å². The molecule has 0 atom stereocenters. The first-order chi connectivity index (χ1) is 11.0. The zero-order valence-electron chi connectivity index (χ0n) is 12.2. The number of carbonyl (C=O) groups excluding carboxylic acids is 1. The van der Waals surface area contributed by atoms with E-state index in [1.54, 1.807) is 0 Å². The van der Waals surface area contributed by atoms with Crippen LogP contribution < -0.4 is 0 Å². The van der Waals surface area contributed by atoms with E-state index in [2.05, 4.69) is 5.16 Å². The average molecular weight is 316 g/mol. The Hall–Kier alpha value is -3.09. The summed E-state index contributed by atoms with van der Waals surface area (Å²) in [4.78, 5) is 26.7. The largest absolute Gasteiger partial charge is 0.365 e. The van der Waals surface area contributed by atoms with Crippen molar-refractivity contribution in [3.8, 4) is 0 Å². The lowest BCUT2D eigenvalue weighted by molar-refractivity contribution is -0.384. The van der Waals surface area contributed by atoms with Crippen LogP contribution in [0.25, 0.3) is 0 Å². The van der Waals surface area contributed by atoms with Crippen molar-refractivity contribution in [2.75, 3.05) is 0 Å². The molecule has 0 N–H and O–H groups in total. The topological polar surface area (TPSA) is 81.8 Å². The summed E-state index contributed by atoms with van der Waals surface area (Å²) in [6.45, 7) is 1.82. The summed E-state index contributed by atoms with van der Waals surface area (Å²) in [7, 11) is 0. The molecule has 0 spiro atoms. The van der Waals surface area contributed by atoms with E-state index in [1.165, 1.54) is 48.5 Å². The van der Waals surface area contributed by atoms with Crippen LogP contribution in [-0.4, -0.2) is 16.6 Å². The van der Waals surface area contributed by atoms with Crippen molar-refractivity contribution in [3.05, 3.63) is 75.6 Å². The van der Waals surface area contributed by atoms with Crippen LogP contribution in [0.1, 0.15) is 29.3 Å². The number of hydrogen-bond acceptors (Lipinski definition) is 5. The Bertz CT molecular complexity index is 740. The third-order valence-electron chi connectivity index (χ3n) is 3.06. The lowest BCUT2D eigenvalue weighted by atomic mass is 10.1. The number of rotatable bonds is 5. The fourth-order valence-electron chi connectivity index (χ4n) is 1.83. The second kappa shape index (κ2) is 7.26. The molecule has 0 aliphatic carbocycles. The summed E-state index contributed by atoms with van der Waals surface area (Å²) in [6.07, 6.45) is 0.485. The summed E-state index contributed by atoms with van der Waals surface area (Å²) >= 11 is 0. The van der Waals surface area contributed by atoms with Crippen LogP contribution in [0.2, 0.25) is 0 Å². The normalized spacial score (nSPS) is 11.1. The maximum absolute atomic E-state index is 12.9. The van der Waals surface area contributed by atoms with Gasteiger partial charge in [0.2, 0.25) is 0 Å². The Morgan fingerprint density at radius 2 is 1.70 bits per heavy atom. The number of non-ortho nitro benzene ring substituents is 1. The van der Waals surface area contributed by atoms with Gasteiger partial charge in [-0.05, 0) is 36.2 Å². The first-order valence-electron chi connectivity index (χ1n) is 6.80. The van der Waals surface area contributed by atoms with Crippen molar-refractivity contribution in [2.45, 2.75) is 13.3 Å². The fourth-order valence-corrected chi connectivity index (χ4v) is 1.83. The van der Waals surface area contributed by atoms with E-state index in [9.17, 15) is 19.3 Å². The Morgan fingerprint density at radius 3 is 2.22 bits per heavy atom. The molecule has 0 aromatic heterocycles. The third kappa shape index (κ3) is 4.19. The molecule has 0 fully saturated rings. The molecular weight excluding hydrogens is 303 g/mol. The van der Waals surface area contributed by atoms with E-state index in [4.69, 9.17) is 4.84 Å². The fraction of sp³-hybridized carbons (Fsp3) is 0.125. The highest BCUT2D eigenvalue weighted by Crippen LogP contribution is 2.13. The summed E-state index contributed by atoms with van der Waals surface area (Å²) < 4.78 is 12.9. The standard InChI is InChI=1S/C16H13FN2O4/c1-2-15(11-3-7-13(17)8-4-11)18-23-16(20)12-5-9-14(10-6-12)19(21)22/h3-10H,2H2,1H3/b18-15+. The predicted molar refractivity (Wildman–Crippen MR) is 81.7 cm³/mol. The minimum absolute atomic E-state index is 0.120. The Morgan fingerprint density at radius 1 is 1.13 bits per heavy atom. The second-order valence-electron chi connectivity index (χ2n) is 4.58.